The number of ether oxygens (including phenoxy) is 1. The lowest BCUT2D eigenvalue weighted by atomic mass is 10.1. The molecule has 1 aliphatic heterocycles. The molecule has 1 saturated heterocycles. The number of Topliss-reactive ketones (excluding diaryl/α,β-unsaturated/α-hetero) is 1. The van der Waals surface area contributed by atoms with Crippen molar-refractivity contribution >= 4 is 23.3 Å². The van der Waals surface area contributed by atoms with Gasteiger partial charge >= 0.3 is 5.97 Å². The van der Waals surface area contributed by atoms with E-state index in [9.17, 15) is 19.5 Å². The van der Waals surface area contributed by atoms with E-state index in [2.05, 4.69) is 0 Å². The van der Waals surface area contributed by atoms with E-state index in [1.54, 1.807) is 42.2 Å². The number of benzene rings is 2. The van der Waals surface area contributed by atoms with Gasteiger partial charge in [-0.3, -0.25) is 9.59 Å². The number of nitrogens with zero attached hydrogens (tertiary/aromatic N) is 1. The molecule has 0 aliphatic carbocycles. The van der Waals surface area contributed by atoms with Gasteiger partial charge in [0.2, 0.25) is 5.91 Å². The van der Waals surface area contributed by atoms with Gasteiger partial charge in [-0.25, -0.2) is 4.79 Å². The molecule has 26 heavy (non-hydrogen) atoms. The second-order valence-corrected chi connectivity index (χ2v) is 6.22. The number of rotatable bonds is 5. The maximum atomic E-state index is 12.2. The van der Waals surface area contributed by atoms with Crippen molar-refractivity contribution in [2.45, 2.75) is 19.8 Å². The van der Waals surface area contributed by atoms with E-state index < -0.39 is 12.6 Å². The summed E-state index contributed by atoms with van der Waals surface area (Å²) in [4.78, 5) is 37.7. The Hall–Kier alpha value is -3.15. The number of carbonyl (C=O) groups excluding carboxylic acids is 3. The molecule has 0 saturated carbocycles. The smallest absolute Gasteiger partial charge is 0.342 e. The third-order valence-corrected chi connectivity index (χ3v) is 4.28. The summed E-state index contributed by atoms with van der Waals surface area (Å²) in [6.45, 7) is 2.05. The maximum absolute atomic E-state index is 12.2. The molecule has 6 heteroatoms. The molecule has 1 fully saturated rings. The molecule has 1 aliphatic rings. The van der Waals surface area contributed by atoms with Crippen LogP contribution in [-0.4, -0.2) is 35.9 Å². The van der Waals surface area contributed by atoms with Gasteiger partial charge in [-0.05, 0) is 49.7 Å². The van der Waals surface area contributed by atoms with E-state index in [0.717, 1.165) is 17.7 Å². The zero-order valence-corrected chi connectivity index (χ0v) is 14.4. The molecule has 134 valence electrons. The number of carbonyl (C=O) groups is 3. The highest BCUT2D eigenvalue weighted by Crippen LogP contribution is 2.22. The molecule has 0 spiro atoms. The molecule has 0 atom stereocenters. The average Bonchev–Trinajstić information content (AvgIpc) is 3.07. The van der Waals surface area contributed by atoms with Crippen LogP contribution in [0.4, 0.5) is 5.69 Å². The van der Waals surface area contributed by atoms with Gasteiger partial charge in [0.25, 0.3) is 0 Å². The summed E-state index contributed by atoms with van der Waals surface area (Å²) < 4.78 is 5.01. The minimum absolute atomic E-state index is 0.0284. The number of phenolic OH excluding ortho intramolecular Hbond substituents is 1. The molecule has 0 bridgehead atoms. The summed E-state index contributed by atoms with van der Waals surface area (Å²) in [6, 6.07) is 11.2. The van der Waals surface area contributed by atoms with E-state index in [1.165, 1.54) is 12.1 Å². The van der Waals surface area contributed by atoms with Crippen LogP contribution in [0.3, 0.4) is 0 Å². The fourth-order valence-corrected chi connectivity index (χ4v) is 2.85. The third-order valence-electron chi connectivity index (χ3n) is 4.28. The van der Waals surface area contributed by atoms with Crippen LogP contribution in [0.5, 0.6) is 5.75 Å². The quantitative estimate of drug-likeness (QED) is 0.660. The molecule has 0 aromatic heterocycles. The van der Waals surface area contributed by atoms with Crippen molar-refractivity contribution in [3.8, 4) is 5.75 Å². The van der Waals surface area contributed by atoms with Crippen molar-refractivity contribution in [1.82, 2.24) is 0 Å². The first kappa shape index (κ1) is 17.7. The number of hydrogen-bond donors (Lipinski definition) is 1. The summed E-state index contributed by atoms with van der Waals surface area (Å²) in [7, 11) is 0. The molecular weight excluding hydrogens is 334 g/mol. The first-order valence-corrected chi connectivity index (χ1v) is 8.36. The lowest BCUT2D eigenvalue weighted by Crippen LogP contribution is -2.23. The van der Waals surface area contributed by atoms with Crippen molar-refractivity contribution in [3.05, 3.63) is 59.2 Å². The number of aromatic hydroxyl groups is 1. The van der Waals surface area contributed by atoms with Gasteiger partial charge < -0.3 is 14.7 Å². The summed E-state index contributed by atoms with van der Waals surface area (Å²) >= 11 is 0. The van der Waals surface area contributed by atoms with Gasteiger partial charge in [0, 0.05) is 24.2 Å². The van der Waals surface area contributed by atoms with E-state index in [4.69, 9.17) is 4.74 Å². The molecule has 1 N–H and O–H groups in total. The number of anilines is 1. The summed E-state index contributed by atoms with van der Waals surface area (Å²) in [5, 5.41) is 9.73. The Bertz CT molecular complexity index is 857. The Balaban J connectivity index is 1.62. The topological polar surface area (TPSA) is 83.9 Å². The van der Waals surface area contributed by atoms with E-state index in [-0.39, 0.29) is 23.0 Å². The molecule has 1 heterocycles. The minimum Gasteiger partial charge on any atom is -0.507 e. The number of aryl methyl sites for hydroxylation is 1. The Kier molecular flexibility index (Phi) is 5.02. The SMILES string of the molecule is Cc1ccc(O)c(C(=O)OCC(=O)c2ccc(N3CCCC3=O)cc2)c1. The predicted molar refractivity (Wildman–Crippen MR) is 95.5 cm³/mol. The van der Waals surface area contributed by atoms with Crippen molar-refractivity contribution < 1.29 is 24.2 Å². The number of amides is 1. The Morgan fingerprint density at radius 2 is 1.88 bits per heavy atom. The highest BCUT2D eigenvalue weighted by Gasteiger charge is 2.22. The summed E-state index contributed by atoms with van der Waals surface area (Å²) in [5.74, 6) is -1.22. The molecule has 2 aromatic carbocycles. The summed E-state index contributed by atoms with van der Waals surface area (Å²) in [5.41, 5.74) is 1.97. The van der Waals surface area contributed by atoms with Crippen LogP contribution < -0.4 is 4.90 Å². The van der Waals surface area contributed by atoms with E-state index in [1.807, 2.05) is 0 Å². The van der Waals surface area contributed by atoms with Crippen LogP contribution in [0, 0.1) is 6.92 Å². The monoisotopic (exact) mass is 353 g/mol. The maximum Gasteiger partial charge on any atom is 0.342 e. The van der Waals surface area contributed by atoms with Gasteiger partial charge in [0.05, 0.1) is 0 Å². The number of phenols is 1. The lowest BCUT2D eigenvalue weighted by molar-refractivity contribution is -0.117. The van der Waals surface area contributed by atoms with E-state index >= 15 is 0 Å². The second kappa shape index (κ2) is 7.39. The standard InChI is InChI=1S/C20H19NO5/c1-13-4-9-17(22)16(11-13)20(25)26-12-18(23)14-5-7-15(8-6-14)21-10-2-3-19(21)24/h4-9,11,22H,2-3,10,12H2,1H3. The van der Waals surface area contributed by atoms with Crippen LogP contribution >= 0.6 is 0 Å². The third kappa shape index (κ3) is 3.74. The van der Waals surface area contributed by atoms with Crippen LogP contribution in [0.25, 0.3) is 0 Å². The van der Waals surface area contributed by atoms with Crippen molar-refractivity contribution in [3.63, 3.8) is 0 Å². The first-order valence-electron chi connectivity index (χ1n) is 8.36. The van der Waals surface area contributed by atoms with Crippen LogP contribution in [-0.2, 0) is 9.53 Å². The number of ketones is 1. The summed E-state index contributed by atoms with van der Waals surface area (Å²) in [6.07, 6.45) is 1.38. The van der Waals surface area contributed by atoms with Crippen molar-refractivity contribution in [1.29, 1.82) is 0 Å². The Morgan fingerprint density at radius 3 is 2.54 bits per heavy atom. The normalized spacial score (nSPS) is 13.7. The van der Waals surface area contributed by atoms with Gasteiger partial charge in [0.1, 0.15) is 11.3 Å². The van der Waals surface area contributed by atoms with Gasteiger partial charge in [-0.2, -0.15) is 0 Å². The largest absolute Gasteiger partial charge is 0.507 e. The zero-order chi connectivity index (χ0) is 18.7. The second-order valence-electron chi connectivity index (χ2n) is 6.22. The number of hydrogen-bond acceptors (Lipinski definition) is 5. The van der Waals surface area contributed by atoms with Gasteiger partial charge in [-0.1, -0.05) is 11.6 Å². The molecule has 0 unspecified atom stereocenters. The van der Waals surface area contributed by atoms with Crippen LogP contribution in [0.2, 0.25) is 0 Å². The lowest BCUT2D eigenvalue weighted by Gasteiger charge is -2.15. The molecule has 3 rings (SSSR count). The van der Waals surface area contributed by atoms with Crippen LogP contribution in [0.15, 0.2) is 42.5 Å². The molecule has 1 amide bonds. The predicted octanol–water partition coefficient (Wildman–Crippen LogP) is 2.87. The number of esters is 1. The highest BCUT2D eigenvalue weighted by molar-refractivity contribution is 6.01. The molecule has 6 nitrogen and oxygen atoms in total. The Morgan fingerprint density at radius 1 is 1.15 bits per heavy atom. The molecule has 2 aromatic rings. The highest BCUT2D eigenvalue weighted by atomic mass is 16.5. The van der Waals surface area contributed by atoms with Crippen LogP contribution in [0.1, 0.15) is 39.1 Å². The van der Waals surface area contributed by atoms with Crippen molar-refractivity contribution in [2.24, 2.45) is 0 Å². The fraction of sp³-hybridized carbons (Fsp3) is 0.250. The minimum atomic E-state index is -0.751. The van der Waals surface area contributed by atoms with Gasteiger partial charge in [-0.15, -0.1) is 0 Å². The fourth-order valence-electron chi connectivity index (χ4n) is 2.85. The average molecular weight is 353 g/mol. The molecular formula is C20H19NO5. The van der Waals surface area contributed by atoms with E-state index in [0.29, 0.717) is 18.5 Å². The van der Waals surface area contributed by atoms with Gasteiger partial charge in [0.15, 0.2) is 12.4 Å². The molecule has 0 radical (unpaired) electrons. The zero-order valence-electron chi connectivity index (χ0n) is 14.4. The Labute approximate surface area is 151 Å². The first-order chi connectivity index (χ1) is 12.5. The van der Waals surface area contributed by atoms with Crippen molar-refractivity contribution in [2.75, 3.05) is 18.1 Å².